The van der Waals surface area contributed by atoms with E-state index in [0.717, 1.165) is 12.2 Å². The summed E-state index contributed by atoms with van der Waals surface area (Å²) in [7, 11) is -0.488. The summed E-state index contributed by atoms with van der Waals surface area (Å²) in [5.74, 6) is 1.29. The Morgan fingerprint density at radius 1 is 1.56 bits per heavy atom. The number of hydrogen-bond acceptors (Lipinski definition) is 5. The highest BCUT2D eigenvalue weighted by molar-refractivity contribution is 7.99. The minimum absolute atomic E-state index is 0.0404. The third kappa shape index (κ3) is 3.27. The summed E-state index contributed by atoms with van der Waals surface area (Å²) in [6.07, 6.45) is 2.76. The van der Waals surface area contributed by atoms with E-state index >= 15 is 0 Å². The quantitative estimate of drug-likeness (QED) is 0.713. The molecule has 0 saturated carbocycles. The molecule has 1 heterocycles. The zero-order valence-electron chi connectivity index (χ0n) is 10.1. The van der Waals surface area contributed by atoms with Gasteiger partial charge in [0.05, 0.1) is 0 Å². The summed E-state index contributed by atoms with van der Waals surface area (Å²) in [5.41, 5.74) is 0.390. The minimum atomic E-state index is -3.23. The van der Waals surface area contributed by atoms with Gasteiger partial charge in [0.1, 0.15) is 5.44 Å². The predicted octanol–water partition coefficient (Wildman–Crippen LogP) is 3.45. The third-order valence-electron chi connectivity index (χ3n) is 2.35. The van der Waals surface area contributed by atoms with Crippen molar-refractivity contribution >= 4 is 19.4 Å². The van der Waals surface area contributed by atoms with Crippen LogP contribution in [0.25, 0.3) is 0 Å². The molecule has 0 aromatic heterocycles. The molecule has 0 N–H and O–H groups in total. The molecular formula is C10H19O4PS. The molecule has 0 spiro atoms. The first-order chi connectivity index (χ1) is 7.55. The van der Waals surface area contributed by atoms with Crippen LogP contribution in [0.4, 0.5) is 0 Å². The molecule has 0 aliphatic carbocycles. The first-order valence-corrected chi connectivity index (χ1v) is 7.87. The molecule has 16 heavy (non-hydrogen) atoms. The Hall–Kier alpha value is 0.0400. The number of allylic oxidation sites excluding steroid dienone is 1. The van der Waals surface area contributed by atoms with Crippen LogP contribution in [0.5, 0.6) is 0 Å². The fraction of sp³-hybridized carbons (Fsp3) is 0.800. The molecule has 0 aromatic rings. The molecule has 4 nitrogen and oxygen atoms in total. The van der Waals surface area contributed by atoms with E-state index in [2.05, 4.69) is 13.8 Å². The Morgan fingerprint density at radius 2 is 2.19 bits per heavy atom. The lowest BCUT2D eigenvalue weighted by Crippen LogP contribution is -2.18. The highest BCUT2D eigenvalue weighted by atomic mass is 32.2. The summed E-state index contributed by atoms with van der Waals surface area (Å²) in [6.45, 7) is 4.14. The van der Waals surface area contributed by atoms with Crippen molar-refractivity contribution < 1.29 is 18.3 Å². The molecule has 0 fully saturated rings. The van der Waals surface area contributed by atoms with Gasteiger partial charge in [0.2, 0.25) is 5.50 Å². The maximum Gasteiger partial charge on any atom is 0.394 e. The van der Waals surface area contributed by atoms with Gasteiger partial charge < -0.3 is 13.8 Å². The summed E-state index contributed by atoms with van der Waals surface area (Å²) in [5, 5.41) is 0. The first-order valence-electron chi connectivity index (χ1n) is 5.27. The van der Waals surface area contributed by atoms with E-state index in [-0.39, 0.29) is 5.44 Å². The van der Waals surface area contributed by atoms with Crippen molar-refractivity contribution in [3.05, 3.63) is 11.6 Å². The van der Waals surface area contributed by atoms with E-state index in [1.54, 1.807) is 11.8 Å². The van der Waals surface area contributed by atoms with Crippen molar-refractivity contribution in [2.75, 3.05) is 20.0 Å². The van der Waals surface area contributed by atoms with E-state index in [4.69, 9.17) is 13.8 Å². The fourth-order valence-corrected chi connectivity index (χ4v) is 3.79. The Balaban J connectivity index is 2.83. The van der Waals surface area contributed by atoms with Gasteiger partial charge in [-0.25, -0.2) is 0 Å². The lowest BCUT2D eigenvalue weighted by atomic mass is 10.1. The molecule has 1 rings (SSSR count). The molecule has 0 bridgehead atoms. The van der Waals surface area contributed by atoms with Crippen LogP contribution in [0.3, 0.4) is 0 Å². The lowest BCUT2D eigenvalue weighted by Gasteiger charge is -2.29. The second-order valence-corrected chi connectivity index (χ2v) is 7.19. The Labute approximate surface area is 101 Å². The molecular weight excluding hydrogens is 247 g/mol. The van der Waals surface area contributed by atoms with Crippen molar-refractivity contribution in [1.82, 2.24) is 0 Å². The van der Waals surface area contributed by atoms with E-state index in [1.165, 1.54) is 14.2 Å². The van der Waals surface area contributed by atoms with Crippen LogP contribution in [-0.2, 0) is 18.3 Å². The highest BCUT2D eigenvalue weighted by Crippen LogP contribution is 2.57. The van der Waals surface area contributed by atoms with E-state index in [9.17, 15) is 4.57 Å². The van der Waals surface area contributed by atoms with Crippen LogP contribution in [0.1, 0.15) is 20.3 Å². The topological polar surface area (TPSA) is 44.8 Å². The van der Waals surface area contributed by atoms with Gasteiger partial charge in [-0.2, -0.15) is 0 Å². The first kappa shape index (κ1) is 14.1. The van der Waals surface area contributed by atoms with Gasteiger partial charge in [0.15, 0.2) is 0 Å². The fourth-order valence-electron chi connectivity index (χ4n) is 1.54. The molecule has 0 saturated heterocycles. The summed E-state index contributed by atoms with van der Waals surface area (Å²) < 4.78 is 27.7. The summed E-state index contributed by atoms with van der Waals surface area (Å²) in [4.78, 5) is 0. The summed E-state index contributed by atoms with van der Waals surface area (Å²) in [6, 6.07) is 0. The Bertz CT molecular complexity index is 297. The monoisotopic (exact) mass is 266 g/mol. The molecule has 0 amide bonds. The zero-order chi connectivity index (χ0) is 12.2. The Morgan fingerprint density at radius 3 is 2.69 bits per heavy atom. The molecule has 94 valence electrons. The molecule has 2 atom stereocenters. The smallest absolute Gasteiger partial charge is 0.394 e. The number of thioether (sulfide) groups is 1. The van der Waals surface area contributed by atoms with Gasteiger partial charge in [-0.15, -0.1) is 11.8 Å². The average Bonchev–Trinajstić information content (AvgIpc) is 2.27. The van der Waals surface area contributed by atoms with Gasteiger partial charge in [0.25, 0.3) is 0 Å². The van der Waals surface area contributed by atoms with Gasteiger partial charge in [-0.1, -0.05) is 13.8 Å². The summed E-state index contributed by atoms with van der Waals surface area (Å²) >= 11 is 1.70. The van der Waals surface area contributed by atoms with Gasteiger partial charge in [-0.3, -0.25) is 4.57 Å². The number of hydrogen-bond donors (Lipinski definition) is 0. The molecule has 1 aliphatic heterocycles. The normalized spacial score (nSPS) is 26.1. The third-order valence-corrected chi connectivity index (χ3v) is 5.10. The zero-order valence-corrected chi connectivity index (χ0v) is 11.8. The number of rotatable bonds is 5. The largest absolute Gasteiger partial charge is 0.472 e. The van der Waals surface area contributed by atoms with Crippen LogP contribution in [0.15, 0.2) is 11.6 Å². The van der Waals surface area contributed by atoms with Crippen molar-refractivity contribution in [3.63, 3.8) is 0 Å². The second kappa shape index (κ2) is 6.10. The molecule has 0 aromatic carbocycles. The SMILES string of the molecule is CCS[C@H]1C[C@@H](C)C=C(P(=O)(OC)OC)O1. The maximum atomic E-state index is 12.2. The van der Waals surface area contributed by atoms with Gasteiger partial charge in [-0.05, 0) is 17.7 Å². The van der Waals surface area contributed by atoms with Crippen LogP contribution < -0.4 is 0 Å². The van der Waals surface area contributed by atoms with E-state index in [1.807, 2.05) is 6.08 Å². The van der Waals surface area contributed by atoms with E-state index in [0.29, 0.717) is 11.4 Å². The van der Waals surface area contributed by atoms with Gasteiger partial charge >= 0.3 is 7.60 Å². The van der Waals surface area contributed by atoms with Crippen LogP contribution in [-0.4, -0.2) is 25.4 Å². The van der Waals surface area contributed by atoms with Crippen molar-refractivity contribution in [2.24, 2.45) is 5.92 Å². The van der Waals surface area contributed by atoms with Crippen molar-refractivity contribution in [3.8, 4) is 0 Å². The molecule has 1 aliphatic rings. The molecule has 0 radical (unpaired) electrons. The van der Waals surface area contributed by atoms with Gasteiger partial charge in [0, 0.05) is 20.6 Å². The number of ether oxygens (including phenoxy) is 1. The van der Waals surface area contributed by atoms with Crippen LogP contribution >= 0.6 is 19.4 Å². The maximum absolute atomic E-state index is 12.2. The highest BCUT2D eigenvalue weighted by Gasteiger charge is 2.35. The average molecular weight is 266 g/mol. The second-order valence-electron chi connectivity index (χ2n) is 3.58. The van der Waals surface area contributed by atoms with Crippen LogP contribution in [0, 0.1) is 5.92 Å². The van der Waals surface area contributed by atoms with Crippen LogP contribution in [0.2, 0.25) is 0 Å². The van der Waals surface area contributed by atoms with Crippen molar-refractivity contribution in [2.45, 2.75) is 25.7 Å². The molecule has 0 unspecified atom stereocenters. The predicted molar refractivity (Wildman–Crippen MR) is 66.5 cm³/mol. The standard InChI is InChI=1S/C10H19O4PS/c1-5-16-10-7-8(2)6-9(14-10)15(11,12-3)13-4/h6,8,10H,5,7H2,1-4H3/t8-,10-/m0/s1. The minimum Gasteiger partial charge on any atom is -0.472 e. The van der Waals surface area contributed by atoms with E-state index < -0.39 is 7.60 Å². The molecule has 6 heteroatoms. The van der Waals surface area contributed by atoms with Crippen molar-refractivity contribution in [1.29, 1.82) is 0 Å². The lowest BCUT2D eigenvalue weighted by molar-refractivity contribution is 0.149. The Kier molecular flexibility index (Phi) is 5.38.